The van der Waals surface area contributed by atoms with Crippen molar-refractivity contribution in [1.29, 1.82) is 0 Å². The summed E-state index contributed by atoms with van der Waals surface area (Å²) in [6.45, 7) is 0. The Hall–Kier alpha value is -0.0400. The number of hydrogen-bond acceptors (Lipinski definition) is 1. The van der Waals surface area contributed by atoms with Gasteiger partial charge in [-0.05, 0) is 55.8 Å². The second-order valence-electron chi connectivity index (χ2n) is 5.41. The van der Waals surface area contributed by atoms with Gasteiger partial charge in [-0.2, -0.15) is 0 Å². The fourth-order valence-electron chi connectivity index (χ4n) is 4.34. The van der Waals surface area contributed by atoms with Crippen molar-refractivity contribution in [1.82, 2.24) is 0 Å². The second-order valence-corrected chi connectivity index (χ2v) is 5.41. The summed E-state index contributed by atoms with van der Waals surface area (Å²) in [4.78, 5) is 0. The van der Waals surface area contributed by atoms with E-state index in [1.165, 1.54) is 32.1 Å². The molecule has 3 saturated carbocycles. The molecule has 0 bridgehead atoms. The Morgan fingerprint density at radius 1 is 0.692 bits per heavy atom. The molecule has 3 aliphatic rings. The van der Waals surface area contributed by atoms with Gasteiger partial charge in [0.2, 0.25) is 0 Å². The fraction of sp³-hybridized carbons (Fsp3) is 1.00. The molecule has 13 heavy (non-hydrogen) atoms. The molecule has 0 aromatic heterocycles. The average Bonchev–Trinajstić information content (AvgIpc) is 2.15. The highest BCUT2D eigenvalue weighted by atomic mass is 16.3. The summed E-state index contributed by atoms with van der Waals surface area (Å²) < 4.78 is 0. The molecular weight excluding hydrogens is 160 g/mol. The Morgan fingerprint density at radius 2 is 1.31 bits per heavy atom. The van der Waals surface area contributed by atoms with E-state index in [2.05, 4.69) is 0 Å². The van der Waals surface area contributed by atoms with E-state index in [1.54, 1.807) is 0 Å². The molecule has 0 spiro atoms. The molecule has 3 aliphatic carbocycles. The Labute approximate surface area is 80.5 Å². The van der Waals surface area contributed by atoms with Gasteiger partial charge in [-0.15, -0.1) is 0 Å². The van der Waals surface area contributed by atoms with Gasteiger partial charge in [0.15, 0.2) is 0 Å². The predicted octanol–water partition coefficient (Wildman–Crippen LogP) is 2.58. The Balaban J connectivity index is 1.71. The smallest absolute Gasteiger partial charge is 0.0543 e. The molecule has 1 N–H and O–H groups in total. The average molecular weight is 180 g/mol. The highest BCUT2D eigenvalue weighted by molar-refractivity contribution is 5.01. The van der Waals surface area contributed by atoms with E-state index in [1.807, 2.05) is 0 Å². The van der Waals surface area contributed by atoms with Crippen LogP contribution in [0.15, 0.2) is 0 Å². The highest BCUT2D eigenvalue weighted by Gasteiger charge is 2.52. The molecule has 0 aliphatic heterocycles. The van der Waals surface area contributed by atoms with E-state index in [4.69, 9.17) is 0 Å². The monoisotopic (exact) mass is 180 g/mol. The van der Waals surface area contributed by atoms with Crippen LogP contribution in [0.25, 0.3) is 0 Å². The minimum Gasteiger partial charge on any atom is -0.393 e. The first kappa shape index (κ1) is 8.28. The van der Waals surface area contributed by atoms with Crippen LogP contribution in [0.2, 0.25) is 0 Å². The van der Waals surface area contributed by atoms with Crippen LogP contribution in [0.3, 0.4) is 0 Å². The van der Waals surface area contributed by atoms with Gasteiger partial charge in [-0.3, -0.25) is 0 Å². The summed E-state index contributed by atoms with van der Waals surface area (Å²) in [5.74, 6) is 4.04. The number of aliphatic hydroxyl groups excluding tert-OH is 1. The lowest BCUT2D eigenvalue weighted by Crippen LogP contribution is -2.51. The summed E-state index contributed by atoms with van der Waals surface area (Å²) in [5.41, 5.74) is 0. The quantitative estimate of drug-likeness (QED) is 0.607. The topological polar surface area (TPSA) is 20.2 Å². The molecule has 0 radical (unpaired) electrons. The minimum atomic E-state index is 0.0455. The van der Waals surface area contributed by atoms with E-state index >= 15 is 0 Å². The number of aliphatic hydroxyl groups is 1. The standard InChI is InChI=1S/C12H20O/c13-8-5-6-11-9-3-1-2-4-10(9)12(11)7-8/h8-13H,1-7H2. The summed E-state index contributed by atoms with van der Waals surface area (Å²) in [7, 11) is 0. The van der Waals surface area contributed by atoms with Gasteiger partial charge >= 0.3 is 0 Å². The van der Waals surface area contributed by atoms with E-state index in [-0.39, 0.29) is 6.10 Å². The van der Waals surface area contributed by atoms with Crippen LogP contribution in [0, 0.1) is 23.7 Å². The highest BCUT2D eigenvalue weighted by Crippen LogP contribution is 2.58. The van der Waals surface area contributed by atoms with Crippen molar-refractivity contribution in [2.75, 3.05) is 0 Å². The molecule has 5 unspecified atom stereocenters. The number of fused-ring (bicyclic) bond motifs is 4. The van der Waals surface area contributed by atoms with E-state index in [0.717, 1.165) is 36.5 Å². The van der Waals surface area contributed by atoms with Gasteiger partial charge in [0.1, 0.15) is 0 Å². The van der Waals surface area contributed by atoms with Crippen LogP contribution in [0.4, 0.5) is 0 Å². The zero-order valence-corrected chi connectivity index (χ0v) is 8.28. The van der Waals surface area contributed by atoms with Crippen molar-refractivity contribution in [3.8, 4) is 0 Å². The third kappa shape index (κ3) is 1.16. The molecule has 5 atom stereocenters. The molecule has 3 rings (SSSR count). The van der Waals surface area contributed by atoms with Crippen LogP contribution < -0.4 is 0 Å². The van der Waals surface area contributed by atoms with Crippen molar-refractivity contribution in [2.45, 2.75) is 51.0 Å². The third-order valence-electron chi connectivity index (χ3n) is 4.90. The summed E-state index contributed by atoms with van der Waals surface area (Å²) in [6, 6.07) is 0. The SMILES string of the molecule is OC1CCC2C3CCCCC3C2C1. The summed E-state index contributed by atoms with van der Waals surface area (Å²) in [5, 5.41) is 9.62. The molecule has 0 aromatic carbocycles. The predicted molar refractivity (Wildman–Crippen MR) is 52.3 cm³/mol. The lowest BCUT2D eigenvalue weighted by Gasteiger charge is -2.58. The first-order valence-electron chi connectivity index (χ1n) is 6.04. The van der Waals surface area contributed by atoms with Crippen molar-refractivity contribution in [2.24, 2.45) is 23.7 Å². The molecular formula is C12H20O. The Kier molecular flexibility index (Phi) is 1.90. The van der Waals surface area contributed by atoms with Crippen LogP contribution in [0.5, 0.6) is 0 Å². The fourth-order valence-corrected chi connectivity index (χ4v) is 4.34. The van der Waals surface area contributed by atoms with Crippen molar-refractivity contribution in [3.63, 3.8) is 0 Å². The third-order valence-corrected chi connectivity index (χ3v) is 4.90. The zero-order valence-electron chi connectivity index (χ0n) is 8.28. The normalized spacial score (nSPS) is 54.7. The van der Waals surface area contributed by atoms with Gasteiger partial charge in [0.25, 0.3) is 0 Å². The van der Waals surface area contributed by atoms with E-state index in [9.17, 15) is 5.11 Å². The lowest BCUT2D eigenvalue weighted by atomic mass is 9.48. The van der Waals surface area contributed by atoms with Gasteiger partial charge in [-0.1, -0.05) is 12.8 Å². The molecule has 3 fully saturated rings. The maximum absolute atomic E-state index is 9.62. The van der Waals surface area contributed by atoms with Crippen LogP contribution in [-0.4, -0.2) is 11.2 Å². The van der Waals surface area contributed by atoms with Crippen molar-refractivity contribution < 1.29 is 5.11 Å². The zero-order chi connectivity index (χ0) is 8.84. The Morgan fingerprint density at radius 3 is 2.08 bits per heavy atom. The van der Waals surface area contributed by atoms with Gasteiger partial charge in [0.05, 0.1) is 6.10 Å². The molecule has 0 heterocycles. The van der Waals surface area contributed by atoms with Gasteiger partial charge < -0.3 is 5.11 Å². The van der Waals surface area contributed by atoms with Crippen LogP contribution in [-0.2, 0) is 0 Å². The Bertz CT molecular complexity index is 195. The number of hydrogen-bond donors (Lipinski definition) is 1. The first-order valence-corrected chi connectivity index (χ1v) is 6.04. The lowest BCUT2D eigenvalue weighted by molar-refractivity contribution is -0.107. The van der Waals surface area contributed by atoms with E-state index < -0.39 is 0 Å². The van der Waals surface area contributed by atoms with Crippen molar-refractivity contribution in [3.05, 3.63) is 0 Å². The summed E-state index contributed by atoms with van der Waals surface area (Å²) in [6.07, 6.45) is 9.50. The van der Waals surface area contributed by atoms with Crippen LogP contribution in [0.1, 0.15) is 44.9 Å². The van der Waals surface area contributed by atoms with Gasteiger partial charge in [0, 0.05) is 0 Å². The number of rotatable bonds is 0. The maximum Gasteiger partial charge on any atom is 0.0543 e. The minimum absolute atomic E-state index is 0.0455. The summed E-state index contributed by atoms with van der Waals surface area (Å²) >= 11 is 0. The second kappa shape index (κ2) is 2.98. The van der Waals surface area contributed by atoms with Crippen molar-refractivity contribution >= 4 is 0 Å². The molecule has 1 nitrogen and oxygen atoms in total. The first-order chi connectivity index (χ1) is 6.36. The molecule has 0 saturated heterocycles. The maximum atomic E-state index is 9.62. The van der Waals surface area contributed by atoms with Gasteiger partial charge in [-0.25, -0.2) is 0 Å². The van der Waals surface area contributed by atoms with E-state index in [0.29, 0.717) is 0 Å². The van der Waals surface area contributed by atoms with Crippen LogP contribution >= 0.6 is 0 Å². The largest absolute Gasteiger partial charge is 0.393 e. The molecule has 74 valence electrons. The molecule has 0 amide bonds. The molecule has 1 heteroatoms. The molecule has 0 aromatic rings.